The first-order valence-electron chi connectivity index (χ1n) is 12.0. The van der Waals surface area contributed by atoms with Gasteiger partial charge in [-0.1, -0.05) is 107 Å². The Bertz CT molecular complexity index is 1620. The molecule has 1 saturated heterocycles. The summed E-state index contributed by atoms with van der Waals surface area (Å²) in [6, 6.07) is 19.9. The van der Waals surface area contributed by atoms with Crippen LogP contribution in [0.15, 0.2) is 95.4 Å². The van der Waals surface area contributed by atoms with Crippen molar-refractivity contribution in [2.24, 2.45) is 0 Å². The first-order chi connectivity index (χ1) is 19.4. The molecule has 1 fully saturated rings. The number of amides is 1. The van der Waals surface area contributed by atoms with Crippen molar-refractivity contribution in [2.75, 3.05) is 11.5 Å². The van der Waals surface area contributed by atoms with E-state index in [2.05, 4.69) is 16.8 Å². The number of hydrogen-bond donors (Lipinski definition) is 1. The predicted molar refractivity (Wildman–Crippen MR) is 159 cm³/mol. The number of benzene rings is 3. The van der Waals surface area contributed by atoms with Gasteiger partial charge in [0, 0.05) is 21.4 Å². The number of thioether (sulfide) groups is 1. The molecule has 1 amide bonds. The lowest BCUT2D eigenvalue weighted by molar-refractivity contribution is -0.132. The molecule has 40 heavy (non-hydrogen) atoms. The fraction of sp³-hybridized carbons (Fsp3) is 0.103. The van der Waals surface area contributed by atoms with Crippen LogP contribution in [0.1, 0.15) is 22.7 Å². The van der Waals surface area contributed by atoms with Crippen molar-refractivity contribution >= 4 is 68.9 Å². The fourth-order valence-electron chi connectivity index (χ4n) is 4.16. The van der Waals surface area contributed by atoms with Gasteiger partial charge in [0.2, 0.25) is 5.13 Å². The van der Waals surface area contributed by atoms with Crippen molar-refractivity contribution in [3.8, 4) is 5.75 Å². The zero-order chi connectivity index (χ0) is 28.2. The Morgan fingerprint density at radius 2 is 1.88 bits per heavy atom. The maximum Gasteiger partial charge on any atom is 0.301 e. The molecule has 5 rings (SSSR count). The zero-order valence-electron chi connectivity index (χ0n) is 20.8. The Labute approximate surface area is 248 Å². The number of aliphatic hydroxyl groups is 1. The van der Waals surface area contributed by atoms with Crippen molar-refractivity contribution < 1.29 is 19.4 Å². The average Bonchev–Trinajstić information content (AvgIpc) is 3.53. The van der Waals surface area contributed by atoms with E-state index < -0.39 is 17.7 Å². The minimum Gasteiger partial charge on any atom is -0.507 e. The van der Waals surface area contributed by atoms with Crippen molar-refractivity contribution in [2.45, 2.75) is 16.1 Å². The number of anilines is 1. The van der Waals surface area contributed by atoms with E-state index in [0.717, 1.165) is 5.56 Å². The highest BCUT2D eigenvalue weighted by Gasteiger charge is 2.48. The highest BCUT2D eigenvalue weighted by molar-refractivity contribution is 8.00. The van der Waals surface area contributed by atoms with E-state index in [1.54, 1.807) is 72.8 Å². The number of aromatic nitrogens is 2. The lowest BCUT2D eigenvalue weighted by Crippen LogP contribution is -2.29. The Morgan fingerprint density at radius 1 is 1.07 bits per heavy atom. The summed E-state index contributed by atoms with van der Waals surface area (Å²) < 4.78 is 6.27. The predicted octanol–water partition coefficient (Wildman–Crippen LogP) is 7.33. The molecular formula is C29H21Cl2N3O4S2. The molecule has 0 saturated carbocycles. The molecule has 202 valence electrons. The summed E-state index contributed by atoms with van der Waals surface area (Å²) in [6.07, 6.45) is 1.62. The topological polar surface area (TPSA) is 92.6 Å². The number of Topliss-reactive ketones (excluding diaryl/α,β-unsaturated/α-hetero) is 1. The van der Waals surface area contributed by atoms with Gasteiger partial charge in [-0.2, -0.15) is 0 Å². The van der Waals surface area contributed by atoms with Gasteiger partial charge in [-0.05, 0) is 35.4 Å². The molecule has 1 unspecified atom stereocenters. The molecule has 0 spiro atoms. The normalized spacial score (nSPS) is 16.4. The number of ketones is 1. The first kappa shape index (κ1) is 27.9. The minimum absolute atomic E-state index is 0.0468. The van der Waals surface area contributed by atoms with Gasteiger partial charge in [0.1, 0.15) is 18.1 Å². The molecule has 4 aromatic rings. The van der Waals surface area contributed by atoms with Crippen LogP contribution in [-0.2, 0) is 15.3 Å². The Balaban J connectivity index is 1.53. The van der Waals surface area contributed by atoms with Crippen LogP contribution >= 0.6 is 46.3 Å². The zero-order valence-corrected chi connectivity index (χ0v) is 23.9. The van der Waals surface area contributed by atoms with Gasteiger partial charge in [0.15, 0.2) is 4.34 Å². The molecule has 1 atom stereocenters. The van der Waals surface area contributed by atoms with Gasteiger partial charge in [-0.25, -0.2) is 0 Å². The Hall–Kier alpha value is -3.63. The number of ether oxygens (including phenoxy) is 1. The van der Waals surface area contributed by atoms with E-state index in [-0.39, 0.29) is 23.1 Å². The minimum atomic E-state index is -0.955. The third kappa shape index (κ3) is 5.78. The van der Waals surface area contributed by atoms with E-state index in [9.17, 15) is 14.7 Å². The highest BCUT2D eigenvalue weighted by Crippen LogP contribution is 2.44. The number of hydrogen-bond acceptors (Lipinski definition) is 8. The number of halogens is 2. The molecule has 1 aromatic heterocycles. The number of nitrogens with zero attached hydrogens (tertiary/aromatic N) is 3. The number of carbonyl (C=O) groups is 2. The van der Waals surface area contributed by atoms with Crippen molar-refractivity contribution in [3.05, 3.63) is 118 Å². The lowest BCUT2D eigenvalue weighted by Gasteiger charge is -2.23. The number of rotatable bonds is 9. The summed E-state index contributed by atoms with van der Waals surface area (Å²) in [5.41, 5.74) is 1.80. The average molecular weight is 611 g/mol. The molecule has 2 heterocycles. The van der Waals surface area contributed by atoms with E-state index in [1.165, 1.54) is 28.0 Å². The summed E-state index contributed by atoms with van der Waals surface area (Å²) in [5.74, 6) is -0.880. The molecular weight excluding hydrogens is 589 g/mol. The Kier molecular flexibility index (Phi) is 8.56. The van der Waals surface area contributed by atoms with Gasteiger partial charge in [-0.15, -0.1) is 10.2 Å². The van der Waals surface area contributed by atoms with Crippen LogP contribution in [-0.4, -0.2) is 33.6 Å². The molecule has 1 aliphatic heterocycles. The van der Waals surface area contributed by atoms with Crippen molar-refractivity contribution in [3.63, 3.8) is 0 Å². The molecule has 0 radical (unpaired) electrons. The van der Waals surface area contributed by atoms with Crippen LogP contribution in [0.3, 0.4) is 0 Å². The van der Waals surface area contributed by atoms with E-state index >= 15 is 0 Å². The smallest absolute Gasteiger partial charge is 0.301 e. The van der Waals surface area contributed by atoms with Gasteiger partial charge in [0.05, 0.1) is 11.6 Å². The van der Waals surface area contributed by atoms with Crippen LogP contribution in [0.4, 0.5) is 5.13 Å². The molecule has 1 N–H and O–H groups in total. The molecule has 11 heteroatoms. The van der Waals surface area contributed by atoms with Crippen molar-refractivity contribution in [1.29, 1.82) is 0 Å². The molecule has 1 aliphatic rings. The second-order valence-electron chi connectivity index (χ2n) is 8.58. The van der Waals surface area contributed by atoms with Crippen LogP contribution in [0.25, 0.3) is 5.76 Å². The molecule has 0 bridgehead atoms. The Morgan fingerprint density at radius 3 is 2.62 bits per heavy atom. The lowest BCUT2D eigenvalue weighted by atomic mass is 9.95. The maximum atomic E-state index is 13.4. The number of aliphatic hydroxyl groups excluding tert-OH is 1. The summed E-state index contributed by atoms with van der Waals surface area (Å²) in [5, 5.41) is 21.0. The van der Waals surface area contributed by atoms with Gasteiger partial charge < -0.3 is 9.84 Å². The molecule has 3 aromatic carbocycles. The summed E-state index contributed by atoms with van der Waals surface area (Å²) in [6.45, 7) is 3.95. The van der Waals surface area contributed by atoms with E-state index in [0.29, 0.717) is 37.0 Å². The summed E-state index contributed by atoms with van der Waals surface area (Å²) in [4.78, 5) is 28.1. The van der Waals surface area contributed by atoms with E-state index in [1.807, 2.05) is 6.07 Å². The standard InChI is InChI=1S/C29H21Cl2N3O4S2/c1-2-13-38-21-10-6-9-18(14-21)24-23(25(35)17-7-4-3-5-8-17)26(36)27(37)34(24)28-32-33-29(40-28)39-16-19-11-12-20(30)15-22(19)31/h2-12,14-15,24,35H,1,13,16H2. The van der Waals surface area contributed by atoms with Gasteiger partial charge >= 0.3 is 5.91 Å². The first-order valence-corrected chi connectivity index (χ1v) is 14.5. The number of carbonyl (C=O) groups excluding carboxylic acids is 2. The quantitative estimate of drug-likeness (QED) is 0.0530. The summed E-state index contributed by atoms with van der Waals surface area (Å²) >= 11 is 14.9. The van der Waals surface area contributed by atoms with Gasteiger partial charge in [-0.3, -0.25) is 14.5 Å². The second-order valence-corrected chi connectivity index (χ2v) is 11.6. The van der Waals surface area contributed by atoms with Gasteiger partial charge in [0.25, 0.3) is 5.78 Å². The third-order valence-electron chi connectivity index (χ3n) is 6.00. The fourth-order valence-corrected chi connectivity index (χ4v) is 6.59. The summed E-state index contributed by atoms with van der Waals surface area (Å²) in [7, 11) is 0. The van der Waals surface area contributed by atoms with Crippen LogP contribution in [0.5, 0.6) is 5.75 Å². The maximum absolute atomic E-state index is 13.4. The SMILES string of the molecule is C=CCOc1cccc(C2C(=C(O)c3ccccc3)C(=O)C(=O)N2c2nnc(SCc3ccc(Cl)cc3Cl)s2)c1. The van der Waals surface area contributed by atoms with Crippen LogP contribution in [0, 0.1) is 0 Å². The van der Waals surface area contributed by atoms with Crippen LogP contribution < -0.4 is 9.64 Å². The monoisotopic (exact) mass is 609 g/mol. The van der Waals surface area contributed by atoms with E-state index in [4.69, 9.17) is 27.9 Å². The van der Waals surface area contributed by atoms with Crippen LogP contribution in [0.2, 0.25) is 10.0 Å². The van der Waals surface area contributed by atoms with Crippen molar-refractivity contribution in [1.82, 2.24) is 10.2 Å². The molecule has 0 aliphatic carbocycles. The molecule has 7 nitrogen and oxygen atoms in total. The second kappa shape index (κ2) is 12.3. The highest BCUT2D eigenvalue weighted by atomic mass is 35.5. The third-order valence-corrected chi connectivity index (χ3v) is 8.69. The largest absolute Gasteiger partial charge is 0.507 e.